The summed E-state index contributed by atoms with van der Waals surface area (Å²) in [5, 5.41) is 1.74. The molecule has 1 fully saturated rings. The fourth-order valence-corrected chi connectivity index (χ4v) is 3.30. The van der Waals surface area contributed by atoms with Crippen molar-refractivity contribution in [1.82, 2.24) is 9.55 Å². The SMILES string of the molecule is C[Si](C)CCOCn1cc(C2CC2)c2c(Cl)nccc21. The molecule has 1 aliphatic rings. The molecule has 0 unspecified atom stereocenters. The molecule has 1 aliphatic carbocycles. The maximum atomic E-state index is 6.29. The quantitative estimate of drug-likeness (QED) is 0.452. The molecule has 0 spiro atoms. The average molecular weight is 308 g/mol. The van der Waals surface area contributed by atoms with Crippen LogP contribution in [0.25, 0.3) is 10.9 Å². The second-order valence-corrected chi connectivity index (χ2v) is 9.09. The van der Waals surface area contributed by atoms with Gasteiger partial charge in [0.25, 0.3) is 0 Å². The molecule has 2 heterocycles. The van der Waals surface area contributed by atoms with Gasteiger partial charge in [-0.3, -0.25) is 0 Å². The van der Waals surface area contributed by atoms with Crippen molar-refractivity contribution in [3.8, 4) is 0 Å². The van der Waals surface area contributed by atoms with Gasteiger partial charge in [0.2, 0.25) is 0 Å². The molecule has 20 heavy (non-hydrogen) atoms. The minimum absolute atomic E-state index is 0.201. The van der Waals surface area contributed by atoms with Gasteiger partial charge in [-0.05, 0) is 36.4 Å². The summed E-state index contributed by atoms with van der Waals surface area (Å²) in [6, 6.07) is 3.23. The molecule has 3 nitrogen and oxygen atoms in total. The highest BCUT2D eigenvalue weighted by atomic mass is 35.5. The summed E-state index contributed by atoms with van der Waals surface area (Å²) in [5.41, 5.74) is 2.49. The van der Waals surface area contributed by atoms with E-state index in [2.05, 4.69) is 28.8 Å². The Balaban J connectivity index is 1.82. The largest absolute Gasteiger partial charge is 0.361 e. The van der Waals surface area contributed by atoms with E-state index < -0.39 is 0 Å². The first kappa shape index (κ1) is 14.1. The summed E-state index contributed by atoms with van der Waals surface area (Å²) < 4.78 is 7.99. The molecular formula is C15H20ClN2OSi. The van der Waals surface area contributed by atoms with Crippen molar-refractivity contribution in [3.63, 3.8) is 0 Å². The van der Waals surface area contributed by atoms with Crippen LogP contribution in [0.5, 0.6) is 0 Å². The molecule has 0 bridgehead atoms. The minimum Gasteiger partial charge on any atom is -0.361 e. The molecule has 3 rings (SSSR count). The maximum absolute atomic E-state index is 6.29. The molecule has 2 aromatic heterocycles. The number of rotatable bonds is 6. The maximum Gasteiger partial charge on any atom is 0.138 e. The van der Waals surface area contributed by atoms with Crippen LogP contribution in [0.4, 0.5) is 0 Å². The summed E-state index contributed by atoms with van der Waals surface area (Å²) in [6.45, 7) is 6.09. The zero-order valence-electron chi connectivity index (χ0n) is 12.0. The summed E-state index contributed by atoms with van der Waals surface area (Å²) >= 11 is 6.29. The standard InChI is InChI=1S/C15H20ClN2OSi/c1-20(2)8-7-19-10-18-9-12(11-3-4-11)14-13(18)5-6-17-15(14)16/h5-6,9,11H,3-4,7-8,10H2,1-2H3. The zero-order valence-corrected chi connectivity index (χ0v) is 13.8. The van der Waals surface area contributed by atoms with Gasteiger partial charge >= 0.3 is 0 Å². The van der Waals surface area contributed by atoms with Crippen molar-refractivity contribution in [2.45, 2.75) is 44.6 Å². The fourth-order valence-electron chi connectivity index (χ4n) is 2.49. The number of ether oxygens (including phenoxy) is 1. The first-order valence-corrected chi connectivity index (χ1v) is 10.3. The molecule has 0 amide bonds. The van der Waals surface area contributed by atoms with Crippen LogP contribution in [0.2, 0.25) is 24.3 Å². The Hall–Kier alpha value is -0.843. The molecule has 0 aromatic carbocycles. The van der Waals surface area contributed by atoms with E-state index in [1.165, 1.54) is 24.4 Å². The number of pyridine rings is 1. The van der Waals surface area contributed by atoms with E-state index in [0.29, 0.717) is 17.8 Å². The molecule has 0 saturated heterocycles. The van der Waals surface area contributed by atoms with Crippen LogP contribution in [0.3, 0.4) is 0 Å². The molecular weight excluding hydrogens is 288 g/mol. The van der Waals surface area contributed by atoms with E-state index in [9.17, 15) is 0 Å². The van der Waals surface area contributed by atoms with Crippen molar-refractivity contribution in [2.24, 2.45) is 0 Å². The Kier molecular flexibility index (Phi) is 4.15. The third kappa shape index (κ3) is 2.92. The second kappa shape index (κ2) is 5.88. The summed E-state index contributed by atoms with van der Waals surface area (Å²) in [4.78, 5) is 4.23. The molecule has 107 valence electrons. The highest BCUT2D eigenvalue weighted by Gasteiger charge is 2.28. The van der Waals surface area contributed by atoms with Crippen LogP contribution in [0.15, 0.2) is 18.5 Å². The summed E-state index contributed by atoms with van der Waals surface area (Å²) in [6.07, 6.45) is 6.52. The highest BCUT2D eigenvalue weighted by Crippen LogP contribution is 2.45. The third-order valence-electron chi connectivity index (χ3n) is 3.77. The van der Waals surface area contributed by atoms with E-state index in [1.54, 1.807) is 6.20 Å². The summed E-state index contributed by atoms with van der Waals surface area (Å²) in [7, 11) is -0.201. The predicted octanol–water partition coefficient (Wildman–Crippen LogP) is 4.30. The lowest BCUT2D eigenvalue weighted by atomic mass is 10.1. The first-order valence-electron chi connectivity index (χ1n) is 7.17. The topological polar surface area (TPSA) is 27.1 Å². The van der Waals surface area contributed by atoms with E-state index in [-0.39, 0.29) is 8.80 Å². The number of fused-ring (bicyclic) bond motifs is 1. The van der Waals surface area contributed by atoms with Crippen molar-refractivity contribution >= 4 is 31.3 Å². The second-order valence-electron chi connectivity index (χ2n) is 5.82. The lowest BCUT2D eigenvalue weighted by Crippen LogP contribution is -2.08. The van der Waals surface area contributed by atoms with Crippen molar-refractivity contribution in [3.05, 3.63) is 29.2 Å². The fraction of sp³-hybridized carbons (Fsp3) is 0.533. The number of aromatic nitrogens is 2. The molecule has 2 aromatic rings. The van der Waals surface area contributed by atoms with Crippen LogP contribution in [0, 0.1) is 0 Å². The van der Waals surface area contributed by atoms with Gasteiger partial charge in [0.05, 0.1) is 5.52 Å². The minimum atomic E-state index is -0.201. The Labute approximate surface area is 126 Å². The van der Waals surface area contributed by atoms with Gasteiger partial charge < -0.3 is 9.30 Å². The Bertz CT molecular complexity index is 607. The van der Waals surface area contributed by atoms with Gasteiger partial charge in [-0.2, -0.15) is 0 Å². The summed E-state index contributed by atoms with van der Waals surface area (Å²) in [5.74, 6) is 0.668. The Morgan fingerprint density at radius 3 is 2.95 bits per heavy atom. The van der Waals surface area contributed by atoms with E-state index in [0.717, 1.165) is 17.5 Å². The van der Waals surface area contributed by atoms with Crippen molar-refractivity contribution in [2.75, 3.05) is 6.61 Å². The van der Waals surface area contributed by atoms with Crippen LogP contribution in [-0.2, 0) is 11.5 Å². The van der Waals surface area contributed by atoms with Crippen LogP contribution >= 0.6 is 11.6 Å². The van der Waals surface area contributed by atoms with E-state index in [1.807, 2.05) is 6.07 Å². The molecule has 0 atom stereocenters. The Morgan fingerprint density at radius 1 is 1.45 bits per heavy atom. The normalized spacial score (nSPS) is 15.4. The van der Waals surface area contributed by atoms with Gasteiger partial charge in [-0.1, -0.05) is 24.7 Å². The first-order chi connectivity index (χ1) is 9.66. The molecule has 1 radical (unpaired) electrons. The highest BCUT2D eigenvalue weighted by molar-refractivity contribution is 6.55. The van der Waals surface area contributed by atoms with Gasteiger partial charge in [-0.25, -0.2) is 4.98 Å². The molecule has 5 heteroatoms. The molecule has 0 N–H and O–H groups in total. The number of hydrogen-bond acceptors (Lipinski definition) is 2. The number of nitrogens with zero attached hydrogens (tertiary/aromatic N) is 2. The van der Waals surface area contributed by atoms with Gasteiger partial charge in [0.15, 0.2) is 0 Å². The smallest absolute Gasteiger partial charge is 0.138 e. The Morgan fingerprint density at radius 2 is 2.25 bits per heavy atom. The van der Waals surface area contributed by atoms with Crippen molar-refractivity contribution < 1.29 is 4.74 Å². The van der Waals surface area contributed by atoms with Crippen LogP contribution in [-0.4, -0.2) is 25.0 Å². The lowest BCUT2D eigenvalue weighted by molar-refractivity contribution is 0.0905. The zero-order chi connectivity index (χ0) is 14.1. The van der Waals surface area contributed by atoms with Gasteiger partial charge in [-0.15, -0.1) is 0 Å². The number of hydrogen-bond donors (Lipinski definition) is 0. The van der Waals surface area contributed by atoms with E-state index >= 15 is 0 Å². The number of halogens is 1. The van der Waals surface area contributed by atoms with E-state index in [4.69, 9.17) is 16.3 Å². The van der Waals surface area contributed by atoms with Gasteiger partial charge in [0.1, 0.15) is 11.9 Å². The lowest BCUT2D eigenvalue weighted by Gasteiger charge is -2.08. The van der Waals surface area contributed by atoms with Gasteiger partial charge in [0, 0.05) is 33.2 Å². The average Bonchev–Trinajstić information content (AvgIpc) is 3.18. The predicted molar refractivity (Wildman–Crippen MR) is 85.0 cm³/mol. The van der Waals surface area contributed by atoms with Crippen LogP contribution in [0.1, 0.15) is 24.3 Å². The third-order valence-corrected chi connectivity index (χ3v) is 5.26. The molecule has 0 aliphatic heterocycles. The van der Waals surface area contributed by atoms with Crippen LogP contribution < -0.4 is 0 Å². The monoisotopic (exact) mass is 307 g/mol. The van der Waals surface area contributed by atoms with Crippen molar-refractivity contribution in [1.29, 1.82) is 0 Å². The molecule has 1 saturated carbocycles.